The highest BCUT2D eigenvalue weighted by Gasteiger charge is 2.10. The summed E-state index contributed by atoms with van der Waals surface area (Å²) < 4.78 is 8.08. The smallest absolute Gasteiger partial charge is 0.188 e. The summed E-state index contributed by atoms with van der Waals surface area (Å²) in [6.07, 6.45) is 1.93. The summed E-state index contributed by atoms with van der Waals surface area (Å²) in [6, 6.07) is 8.09. The van der Waals surface area contributed by atoms with E-state index in [1.165, 1.54) is 4.70 Å². The van der Waals surface area contributed by atoms with Crippen LogP contribution in [0.25, 0.3) is 10.2 Å². The van der Waals surface area contributed by atoms with E-state index in [1.807, 2.05) is 31.4 Å². The van der Waals surface area contributed by atoms with Crippen LogP contribution in [0.1, 0.15) is 5.69 Å². The Labute approximate surface area is 114 Å². The number of aryl methyl sites for hydroxylation is 1. The van der Waals surface area contributed by atoms with E-state index in [0.717, 1.165) is 22.0 Å². The Bertz CT molecular complexity index is 671. The fraction of sp³-hybridized carbons (Fsp3) is 0.231. The van der Waals surface area contributed by atoms with E-state index in [9.17, 15) is 0 Å². The second-order valence-corrected chi connectivity index (χ2v) is 5.24. The van der Waals surface area contributed by atoms with Crippen LogP contribution in [0.2, 0.25) is 0 Å². The maximum atomic E-state index is 5.15. The molecule has 0 atom stereocenters. The zero-order valence-electron chi connectivity index (χ0n) is 10.8. The van der Waals surface area contributed by atoms with Gasteiger partial charge in [0.25, 0.3) is 0 Å². The van der Waals surface area contributed by atoms with Crippen molar-refractivity contribution in [1.82, 2.24) is 14.8 Å². The van der Waals surface area contributed by atoms with Crippen molar-refractivity contribution < 1.29 is 4.74 Å². The van der Waals surface area contributed by atoms with Gasteiger partial charge < -0.3 is 10.1 Å². The Morgan fingerprint density at radius 3 is 3.00 bits per heavy atom. The number of fused-ring (bicyclic) bond motifs is 1. The lowest BCUT2D eigenvalue weighted by Crippen LogP contribution is -1.95. The van der Waals surface area contributed by atoms with E-state index in [0.29, 0.717) is 6.61 Å². The molecule has 0 bridgehead atoms. The predicted molar refractivity (Wildman–Crippen MR) is 76.8 cm³/mol. The molecule has 6 heteroatoms. The third-order valence-corrected chi connectivity index (χ3v) is 3.67. The minimum Gasteiger partial charge on any atom is -0.378 e. The van der Waals surface area contributed by atoms with Gasteiger partial charge in [0.1, 0.15) is 5.69 Å². The average molecular weight is 274 g/mol. The van der Waals surface area contributed by atoms with Gasteiger partial charge in [-0.25, -0.2) is 4.98 Å². The van der Waals surface area contributed by atoms with Crippen LogP contribution >= 0.6 is 11.3 Å². The predicted octanol–water partition coefficient (Wildman–Crippen LogP) is 2.92. The summed E-state index contributed by atoms with van der Waals surface area (Å²) >= 11 is 1.63. The molecule has 0 aliphatic rings. The molecule has 0 spiro atoms. The summed E-state index contributed by atoms with van der Waals surface area (Å²) in [6.45, 7) is 0.480. The molecule has 0 saturated carbocycles. The van der Waals surface area contributed by atoms with Crippen LogP contribution < -0.4 is 5.32 Å². The van der Waals surface area contributed by atoms with E-state index in [1.54, 1.807) is 23.1 Å². The highest BCUT2D eigenvalue weighted by molar-refractivity contribution is 7.22. The third kappa shape index (κ3) is 2.45. The Balaban J connectivity index is 1.91. The van der Waals surface area contributed by atoms with Crippen molar-refractivity contribution in [3.63, 3.8) is 0 Å². The molecule has 0 aliphatic heterocycles. The number of ether oxygens (including phenoxy) is 1. The second kappa shape index (κ2) is 4.99. The molecule has 0 amide bonds. The quantitative estimate of drug-likeness (QED) is 0.794. The summed E-state index contributed by atoms with van der Waals surface area (Å²) in [5.41, 5.74) is 2.82. The number of benzene rings is 1. The molecule has 0 aliphatic carbocycles. The largest absolute Gasteiger partial charge is 0.378 e. The topological polar surface area (TPSA) is 52.0 Å². The molecule has 0 unspecified atom stereocenters. The number of methoxy groups -OCH3 is 1. The highest BCUT2D eigenvalue weighted by atomic mass is 32.1. The standard InChI is InChI=1S/C13H14N4OS/c1-17-7-10(11(16-17)8-18-2)15-13-14-9-5-3-4-6-12(9)19-13/h3-7H,8H2,1-2H3,(H,14,15). The van der Waals surface area contributed by atoms with E-state index in [-0.39, 0.29) is 0 Å². The molecule has 1 aromatic carbocycles. The molecule has 0 radical (unpaired) electrons. The molecule has 3 aromatic rings. The monoisotopic (exact) mass is 274 g/mol. The van der Waals surface area contributed by atoms with Crippen LogP contribution in [0, 0.1) is 0 Å². The normalized spacial score (nSPS) is 11.1. The zero-order chi connectivity index (χ0) is 13.2. The van der Waals surface area contributed by atoms with Gasteiger partial charge in [-0.1, -0.05) is 23.5 Å². The Kier molecular flexibility index (Phi) is 3.18. The molecule has 3 rings (SSSR count). The number of aromatic nitrogens is 3. The van der Waals surface area contributed by atoms with Crippen molar-refractivity contribution in [2.24, 2.45) is 7.05 Å². The van der Waals surface area contributed by atoms with Crippen molar-refractivity contribution in [2.75, 3.05) is 12.4 Å². The SMILES string of the molecule is COCc1nn(C)cc1Nc1nc2ccccc2s1. The first-order valence-corrected chi connectivity index (χ1v) is 6.72. The van der Waals surface area contributed by atoms with Crippen molar-refractivity contribution in [2.45, 2.75) is 6.61 Å². The van der Waals surface area contributed by atoms with Gasteiger partial charge in [-0.15, -0.1) is 0 Å². The zero-order valence-corrected chi connectivity index (χ0v) is 11.6. The van der Waals surface area contributed by atoms with Crippen molar-refractivity contribution >= 4 is 32.4 Å². The van der Waals surface area contributed by atoms with Gasteiger partial charge in [0.05, 0.1) is 22.5 Å². The molecule has 98 valence electrons. The lowest BCUT2D eigenvalue weighted by molar-refractivity contribution is 0.181. The summed E-state index contributed by atoms with van der Waals surface area (Å²) in [7, 11) is 3.55. The Morgan fingerprint density at radius 2 is 2.21 bits per heavy atom. The first kappa shape index (κ1) is 12.1. The van der Waals surface area contributed by atoms with Gasteiger partial charge >= 0.3 is 0 Å². The molecule has 2 aromatic heterocycles. The van der Waals surface area contributed by atoms with Crippen LogP contribution in [0.3, 0.4) is 0 Å². The lowest BCUT2D eigenvalue weighted by atomic mass is 10.3. The number of thiazole rings is 1. The number of hydrogen-bond acceptors (Lipinski definition) is 5. The lowest BCUT2D eigenvalue weighted by Gasteiger charge is -2.01. The van der Waals surface area contributed by atoms with Gasteiger partial charge in [0, 0.05) is 20.4 Å². The van der Waals surface area contributed by atoms with Crippen LogP contribution in [-0.4, -0.2) is 21.9 Å². The van der Waals surface area contributed by atoms with E-state index in [2.05, 4.69) is 21.5 Å². The first-order chi connectivity index (χ1) is 9.26. The number of anilines is 2. The summed E-state index contributed by atoms with van der Waals surface area (Å²) in [5, 5.41) is 8.54. The van der Waals surface area contributed by atoms with Gasteiger partial charge in [0.2, 0.25) is 0 Å². The first-order valence-electron chi connectivity index (χ1n) is 5.90. The van der Waals surface area contributed by atoms with Crippen LogP contribution in [0.4, 0.5) is 10.8 Å². The number of hydrogen-bond donors (Lipinski definition) is 1. The number of para-hydroxylation sites is 1. The molecular weight excluding hydrogens is 260 g/mol. The minimum atomic E-state index is 0.480. The minimum absolute atomic E-state index is 0.480. The fourth-order valence-corrected chi connectivity index (χ4v) is 2.80. The number of nitrogens with one attached hydrogen (secondary N) is 1. The molecule has 2 heterocycles. The molecule has 19 heavy (non-hydrogen) atoms. The van der Waals surface area contributed by atoms with Gasteiger partial charge in [-0.05, 0) is 12.1 Å². The highest BCUT2D eigenvalue weighted by Crippen LogP contribution is 2.29. The molecular formula is C13H14N4OS. The molecule has 0 fully saturated rings. The van der Waals surface area contributed by atoms with Crippen molar-refractivity contribution in [1.29, 1.82) is 0 Å². The van der Waals surface area contributed by atoms with Crippen molar-refractivity contribution in [3.8, 4) is 0 Å². The third-order valence-electron chi connectivity index (χ3n) is 2.72. The molecule has 0 saturated heterocycles. The van der Waals surface area contributed by atoms with Gasteiger partial charge in [0.15, 0.2) is 5.13 Å². The number of rotatable bonds is 4. The van der Waals surface area contributed by atoms with Crippen LogP contribution in [0.15, 0.2) is 30.5 Å². The fourth-order valence-electron chi connectivity index (χ4n) is 1.92. The second-order valence-electron chi connectivity index (χ2n) is 4.21. The van der Waals surface area contributed by atoms with E-state index < -0.39 is 0 Å². The Hall–Kier alpha value is -1.92. The van der Waals surface area contributed by atoms with E-state index >= 15 is 0 Å². The van der Waals surface area contributed by atoms with Crippen molar-refractivity contribution in [3.05, 3.63) is 36.2 Å². The van der Waals surface area contributed by atoms with Gasteiger partial charge in [-0.2, -0.15) is 5.10 Å². The number of nitrogens with zero attached hydrogens (tertiary/aromatic N) is 3. The van der Waals surface area contributed by atoms with Crippen LogP contribution in [-0.2, 0) is 18.4 Å². The molecule has 1 N–H and O–H groups in total. The van der Waals surface area contributed by atoms with Crippen LogP contribution in [0.5, 0.6) is 0 Å². The molecule has 5 nitrogen and oxygen atoms in total. The average Bonchev–Trinajstić information content (AvgIpc) is 2.93. The van der Waals surface area contributed by atoms with E-state index in [4.69, 9.17) is 4.74 Å². The maximum Gasteiger partial charge on any atom is 0.188 e. The Morgan fingerprint density at radius 1 is 1.37 bits per heavy atom. The maximum absolute atomic E-state index is 5.15. The summed E-state index contributed by atoms with van der Waals surface area (Å²) in [5.74, 6) is 0. The summed E-state index contributed by atoms with van der Waals surface area (Å²) in [4.78, 5) is 4.55. The van der Waals surface area contributed by atoms with Gasteiger partial charge in [-0.3, -0.25) is 4.68 Å².